The predicted molar refractivity (Wildman–Crippen MR) is 58.5 cm³/mol. The third-order valence-electron chi connectivity index (χ3n) is 2.42. The molecule has 1 unspecified atom stereocenters. The second-order valence-corrected chi connectivity index (χ2v) is 3.80. The molecule has 1 atom stereocenters. The lowest BCUT2D eigenvalue weighted by Crippen LogP contribution is -1.99. The molecule has 1 rings (SSSR count). The molecule has 78 valence electrons. The molecule has 0 saturated heterocycles. The first-order valence-electron chi connectivity index (χ1n) is 5.15. The Hall–Kier alpha value is -0.890. The van der Waals surface area contributed by atoms with Crippen molar-refractivity contribution in [3.05, 3.63) is 29.6 Å². The summed E-state index contributed by atoms with van der Waals surface area (Å²) in [5, 5.41) is 0. The quantitative estimate of drug-likeness (QED) is 0.671. The lowest BCUT2D eigenvalue weighted by molar-refractivity contribution is 0.191. The summed E-state index contributed by atoms with van der Waals surface area (Å²) in [4.78, 5) is 4.42. The summed E-state index contributed by atoms with van der Waals surface area (Å²) in [5.74, 6) is 0.533. The maximum absolute atomic E-state index is 5.03. The fourth-order valence-corrected chi connectivity index (χ4v) is 1.45. The molecular formula is C12H19NO. The van der Waals surface area contributed by atoms with Crippen molar-refractivity contribution in [2.24, 2.45) is 0 Å². The Kier molecular flexibility index (Phi) is 4.60. The molecule has 0 aliphatic carbocycles. The van der Waals surface area contributed by atoms with Crippen LogP contribution in [0.2, 0.25) is 0 Å². The van der Waals surface area contributed by atoms with Crippen LogP contribution in [0.5, 0.6) is 0 Å². The summed E-state index contributed by atoms with van der Waals surface area (Å²) in [6, 6.07) is 4.24. The molecule has 14 heavy (non-hydrogen) atoms. The largest absolute Gasteiger partial charge is 0.385 e. The fraction of sp³-hybridized carbons (Fsp3) is 0.583. The Morgan fingerprint density at radius 1 is 1.43 bits per heavy atom. The second kappa shape index (κ2) is 5.76. The molecule has 0 aliphatic rings. The van der Waals surface area contributed by atoms with Crippen molar-refractivity contribution in [2.75, 3.05) is 13.7 Å². The summed E-state index contributed by atoms with van der Waals surface area (Å²) in [7, 11) is 1.74. The maximum atomic E-state index is 5.03. The SMILES string of the molecule is COCCCC(C)c1ccc(C)cn1. The van der Waals surface area contributed by atoms with Gasteiger partial charge in [0.15, 0.2) is 0 Å². The molecule has 0 amide bonds. The Labute approximate surface area is 86.3 Å². The first kappa shape index (κ1) is 11.2. The highest BCUT2D eigenvalue weighted by Gasteiger charge is 2.05. The maximum Gasteiger partial charge on any atom is 0.0462 e. The van der Waals surface area contributed by atoms with Crippen LogP contribution in [0, 0.1) is 6.92 Å². The minimum atomic E-state index is 0.533. The zero-order valence-electron chi connectivity index (χ0n) is 9.29. The lowest BCUT2D eigenvalue weighted by Gasteiger charge is -2.10. The molecule has 1 aromatic rings. The molecule has 0 bridgehead atoms. The molecular weight excluding hydrogens is 174 g/mol. The summed E-state index contributed by atoms with van der Waals surface area (Å²) >= 11 is 0. The number of rotatable bonds is 5. The van der Waals surface area contributed by atoms with Crippen molar-refractivity contribution in [1.29, 1.82) is 0 Å². The molecule has 0 fully saturated rings. The van der Waals surface area contributed by atoms with E-state index in [2.05, 4.69) is 31.0 Å². The van der Waals surface area contributed by atoms with E-state index in [1.165, 1.54) is 11.3 Å². The smallest absolute Gasteiger partial charge is 0.0462 e. The molecule has 0 radical (unpaired) electrons. The Morgan fingerprint density at radius 3 is 2.79 bits per heavy atom. The van der Waals surface area contributed by atoms with Crippen LogP contribution in [0.3, 0.4) is 0 Å². The van der Waals surface area contributed by atoms with Crippen LogP contribution < -0.4 is 0 Å². The van der Waals surface area contributed by atoms with E-state index in [4.69, 9.17) is 4.74 Å². The van der Waals surface area contributed by atoms with Crippen LogP contribution in [0.25, 0.3) is 0 Å². The first-order chi connectivity index (χ1) is 6.74. The number of nitrogens with zero attached hydrogens (tertiary/aromatic N) is 1. The minimum absolute atomic E-state index is 0.533. The second-order valence-electron chi connectivity index (χ2n) is 3.80. The van der Waals surface area contributed by atoms with Crippen LogP contribution in [-0.4, -0.2) is 18.7 Å². The van der Waals surface area contributed by atoms with Gasteiger partial charge in [0.25, 0.3) is 0 Å². The van der Waals surface area contributed by atoms with Crippen LogP contribution in [-0.2, 0) is 4.74 Å². The van der Waals surface area contributed by atoms with Crippen LogP contribution in [0.4, 0.5) is 0 Å². The summed E-state index contributed by atoms with van der Waals surface area (Å²) in [5.41, 5.74) is 2.41. The van der Waals surface area contributed by atoms with Crippen molar-refractivity contribution in [3.63, 3.8) is 0 Å². The number of ether oxygens (including phenoxy) is 1. The van der Waals surface area contributed by atoms with Gasteiger partial charge in [-0.05, 0) is 37.3 Å². The highest BCUT2D eigenvalue weighted by Crippen LogP contribution is 2.18. The third-order valence-corrected chi connectivity index (χ3v) is 2.42. The van der Waals surface area contributed by atoms with Gasteiger partial charge in [-0.15, -0.1) is 0 Å². The van der Waals surface area contributed by atoms with Gasteiger partial charge < -0.3 is 4.74 Å². The van der Waals surface area contributed by atoms with Gasteiger partial charge >= 0.3 is 0 Å². The zero-order valence-corrected chi connectivity index (χ0v) is 9.29. The monoisotopic (exact) mass is 193 g/mol. The standard InChI is InChI=1S/C12H19NO/c1-10-6-7-12(13-9-10)11(2)5-4-8-14-3/h6-7,9,11H,4-5,8H2,1-3H3. The van der Waals surface area contributed by atoms with E-state index in [0.29, 0.717) is 5.92 Å². The molecule has 0 aliphatic heterocycles. The third kappa shape index (κ3) is 3.46. The highest BCUT2D eigenvalue weighted by molar-refractivity contribution is 5.14. The number of aryl methyl sites for hydroxylation is 1. The molecule has 1 aromatic heterocycles. The number of hydrogen-bond acceptors (Lipinski definition) is 2. The minimum Gasteiger partial charge on any atom is -0.385 e. The summed E-state index contributed by atoms with van der Waals surface area (Å²) in [6.45, 7) is 5.12. The summed E-state index contributed by atoms with van der Waals surface area (Å²) < 4.78 is 5.03. The van der Waals surface area contributed by atoms with Crippen LogP contribution >= 0.6 is 0 Å². The van der Waals surface area contributed by atoms with E-state index in [9.17, 15) is 0 Å². The van der Waals surface area contributed by atoms with Crippen molar-refractivity contribution < 1.29 is 4.74 Å². The summed E-state index contributed by atoms with van der Waals surface area (Å²) in [6.07, 6.45) is 4.18. The molecule has 2 nitrogen and oxygen atoms in total. The van der Waals surface area contributed by atoms with Gasteiger partial charge in [-0.2, -0.15) is 0 Å². The van der Waals surface area contributed by atoms with E-state index in [-0.39, 0.29) is 0 Å². The normalized spacial score (nSPS) is 12.8. The van der Waals surface area contributed by atoms with E-state index in [1.54, 1.807) is 7.11 Å². The Balaban J connectivity index is 2.43. The average molecular weight is 193 g/mol. The van der Waals surface area contributed by atoms with Gasteiger partial charge in [0.05, 0.1) is 0 Å². The first-order valence-corrected chi connectivity index (χ1v) is 5.15. The number of hydrogen-bond donors (Lipinski definition) is 0. The van der Waals surface area contributed by atoms with Crippen molar-refractivity contribution in [3.8, 4) is 0 Å². The van der Waals surface area contributed by atoms with E-state index in [1.807, 2.05) is 6.20 Å². The molecule has 0 aromatic carbocycles. The van der Waals surface area contributed by atoms with Crippen molar-refractivity contribution in [1.82, 2.24) is 4.98 Å². The fourth-order valence-electron chi connectivity index (χ4n) is 1.45. The van der Waals surface area contributed by atoms with Crippen LogP contribution in [0.1, 0.15) is 36.9 Å². The highest BCUT2D eigenvalue weighted by atomic mass is 16.5. The molecule has 0 N–H and O–H groups in total. The van der Waals surface area contributed by atoms with Gasteiger partial charge in [-0.1, -0.05) is 13.0 Å². The molecule has 1 heterocycles. The van der Waals surface area contributed by atoms with Crippen LogP contribution in [0.15, 0.2) is 18.3 Å². The Bertz CT molecular complexity index is 256. The van der Waals surface area contributed by atoms with E-state index < -0.39 is 0 Å². The van der Waals surface area contributed by atoms with Gasteiger partial charge in [-0.25, -0.2) is 0 Å². The lowest BCUT2D eigenvalue weighted by atomic mass is 10.0. The molecule has 2 heteroatoms. The van der Waals surface area contributed by atoms with E-state index in [0.717, 1.165) is 19.4 Å². The van der Waals surface area contributed by atoms with Gasteiger partial charge in [0.2, 0.25) is 0 Å². The van der Waals surface area contributed by atoms with Gasteiger partial charge in [0, 0.05) is 25.6 Å². The average Bonchev–Trinajstić information content (AvgIpc) is 2.19. The van der Waals surface area contributed by atoms with Crippen molar-refractivity contribution >= 4 is 0 Å². The number of pyridine rings is 1. The topological polar surface area (TPSA) is 22.1 Å². The van der Waals surface area contributed by atoms with Crippen molar-refractivity contribution in [2.45, 2.75) is 32.6 Å². The van der Waals surface area contributed by atoms with Gasteiger partial charge in [-0.3, -0.25) is 4.98 Å². The zero-order chi connectivity index (χ0) is 10.4. The molecule has 0 saturated carbocycles. The predicted octanol–water partition coefficient (Wildman–Crippen LogP) is 2.92. The van der Waals surface area contributed by atoms with E-state index >= 15 is 0 Å². The number of aromatic nitrogens is 1. The Morgan fingerprint density at radius 2 is 2.21 bits per heavy atom. The number of methoxy groups -OCH3 is 1. The van der Waals surface area contributed by atoms with Gasteiger partial charge in [0.1, 0.15) is 0 Å². The molecule has 0 spiro atoms.